The minimum absolute atomic E-state index is 0.561. The van der Waals surface area contributed by atoms with E-state index in [1.165, 1.54) is 43.8 Å². The van der Waals surface area contributed by atoms with Crippen LogP contribution in [0.3, 0.4) is 0 Å². The van der Waals surface area contributed by atoms with Gasteiger partial charge < -0.3 is 4.74 Å². The lowest BCUT2D eigenvalue weighted by atomic mass is 9.66. The molecular formula is C49H30N2O. The summed E-state index contributed by atoms with van der Waals surface area (Å²) in [7, 11) is 0. The van der Waals surface area contributed by atoms with Crippen molar-refractivity contribution in [3.05, 3.63) is 204 Å². The molecule has 1 aliphatic heterocycles. The van der Waals surface area contributed by atoms with Crippen molar-refractivity contribution in [1.29, 1.82) is 0 Å². The highest BCUT2D eigenvalue weighted by molar-refractivity contribution is 6.08. The third-order valence-electron chi connectivity index (χ3n) is 11.0. The van der Waals surface area contributed by atoms with E-state index in [4.69, 9.17) is 14.7 Å². The first kappa shape index (κ1) is 28.9. The van der Waals surface area contributed by atoms with Gasteiger partial charge in [0.1, 0.15) is 11.5 Å². The molecule has 2 heterocycles. The van der Waals surface area contributed by atoms with E-state index in [-0.39, 0.29) is 0 Å². The Balaban J connectivity index is 1.17. The van der Waals surface area contributed by atoms with E-state index in [0.717, 1.165) is 50.7 Å². The van der Waals surface area contributed by atoms with Gasteiger partial charge in [0.05, 0.1) is 22.4 Å². The molecule has 9 aromatic rings. The Hall–Kier alpha value is -6.84. The lowest BCUT2D eigenvalue weighted by molar-refractivity contribution is 0.437. The average Bonchev–Trinajstić information content (AvgIpc) is 3.51. The predicted octanol–water partition coefficient (Wildman–Crippen LogP) is 12.3. The van der Waals surface area contributed by atoms with Crippen LogP contribution in [0.4, 0.5) is 0 Å². The second-order valence-electron chi connectivity index (χ2n) is 13.7. The van der Waals surface area contributed by atoms with Gasteiger partial charge >= 0.3 is 0 Å². The zero-order chi connectivity index (χ0) is 34.2. The number of rotatable bonds is 3. The van der Waals surface area contributed by atoms with Gasteiger partial charge in [0.15, 0.2) is 5.82 Å². The van der Waals surface area contributed by atoms with Crippen molar-refractivity contribution < 1.29 is 4.74 Å². The van der Waals surface area contributed by atoms with Gasteiger partial charge in [-0.05, 0) is 68.1 Å². The molecule has 1 spiro atoms. The van der Waals surface area contributed by atoms with Crippen LogP contribution in [0.5, 0.6) is 11.5 Å². The highest BCUT2D eigenvalue weighted by Gasteiger charge is 2.51. The zero-order valence-electron chi connectivity index (χ0n) is 28.1. The molecule has 0 saturated carbocycles. The summed E-state index contributed by atoms with van der Waals surface area (Å²) in [6, 6.07) is 64.7. The summed E-state index contributed by atoms with van der Waals surface area (Å²) in [5.41, 5.74) is 11.3. The number of hydrogen-bond donors (Lipinski definition) is 0. The molecule has 0 amide bonds. The monoisotopic (exact) mass is 662 g/mol. The van der Waals surface area contributed by atoms with Crippen molar-refractivity contribution in [3.8, 4) is 56.5 Å². The molecule has 0 radical (unpaired) electrons. The summed E-state index contributed by atoms with van der Waals surface area (Å²) in [6.07, 6.45) is 0. The number of benzene rings is 8. The molecule has 8 aromatic carbocycles. The number of aromatic nitrogens is 2. The van der Waals surface area contributed by atoms with Gasteiger partial charge in [-0.15, -0.1) is 0 Å². The first-order valence-corrected chi connectivity index (χ1v) is 17.7. The Morgan fingerprint density at radius 2 is 0.981 bits per heavy atom. The van der Waals surface area contributed by atoms with Gasteiger partial charge in [0.2, 0.25) is 0 Å². The van der Waals surface area contributed by atoms with Crippen molar-refractivity contribution in [2.45, 2.75) is 5.41 Å². The number of ether oxygens (including phenoxy) is 1. The van der Waals surface area contributed by atoms with Crippen LogP contribution < -0.4 is 4.74 Å². The summed E-state index contributed by atoms with van der Waals surface area (Å²) in [4.78, 5) is 10.6. The van der Waals surface area contributed by atoms with Crippen LogP contribution in [0.25, 0.3) is 66.6 Å². The number of para-hydroxylation sites is 2. The molecule has 11 rings (SSSR count). The summed E-state index contributed by atoms with van der Waals surface area (Å²) in [6.45, 7) is 0. The van der Waals surface area contributed by atoms with Crippen molar-refractivity contribution in [3.63, 3.8) is 0 Å². The largest absolute Gasteiger partial charge is 0.456 e. The van der Waals surface area contributed by atoms with Crippen LogP contribution in [0, 0.1) is 0 Å². The van der Waals surface area contributed by atoms with Crippen LogP contribution in [-0.2, 0) is 5.41 Å². The van der Waals surface area contributed by atoms with Gasteiger partial charge in [0, 0.05) is 22.3 Å². The predicted molar refractivity (Wildman–Crippen MR) is 211 cm³/mol. The summed E-state index contributed by atoms with van der Waals surface area (Å²) < 4.78 is 6.99. The van der Waals surface area contributed by atoms with Crippen molar-refractivity contribution in [1.82, 2.24) is 9.97 Å². The van der Waals surface area contributed by atoms with E-state index in [9.17, 15) is 0 Å². The molecule has 242 valence electrons. The maximum atomic E-state index is 6.99. The van der Waals surface area contributed by atoms with Crippen LogP contribution in [0.2, 0.25) is 0 Å². The van der Waals surface area contributed by atoms with E-state index in [1.807, 2.05) is 6.07 Å². The van der Waals surface area contributed by atoms with E-state index >= 15 is 0 Å². The third kappa shape index (κ3) is 4.08. The lowest BCUT2D eigenvalue weighted by Gasteiger charge is -2.39. The van der Waals surface area contributed by atoms with E-state index < -0.39 is 5.41 Å². The Morgan fingerprint density at radius 1 is 0.385 bits per heavy atom. The van der Waals surface area contributed by atoms with Gasteiger partial charge in [-0.1, -0.05) is 158 Å². The normalized spacial score (nSPS) is 13.3. The Bertz CT molecular complexity index is 2850. The van der Waals surface area contributed by atoms with E-state index in [2.05, 4.69) is 176 Å². The first-order chi connectivity index (χ1) is 25.8. The molecule has 0 fully saturated rings. The number of nitrogens with zero attached hydrogens (tertiary/aromatic N) is 2. The Kier molecular flexibility index (Phi) is 6.17. The molecular weight excluding hydrogens is 633 g/mol. The maximum Gasteiger partial charge on any atom is 0.164 e. The number of hydrogen-bond acceptors (Lipinski definition) is 3. The number of fused-ring (bicyclic) bond motifs is 12. The fourth-order valence-electron chi connectivity index (χ4n) is 8.70. The molecule has 2 aliphatic rings. The van der Waals surface area contributed by atoms with Gasteiger partial charge in [0.25, 0.3) is 0 Å². The molecule has 1 aliphatic carbocycles. The van der Waals surface area contributed by atoms with Crippen LogP contribution in [0.15, 0.2) is 182 Å². The molecule has 1 aromatic heterocycles. The smallest absolute Gasteiger partial charge is 0.164 e. The minimum atomic E-state index is -0.561. The average molecular weight is 663 g/mol. The van der Waals surface area contributed by atoms with Gasteiger partial charge in [-0.25, -0.2) is 9.97 Å². The molecule has 3 nitrogen and oxygen atoms in total. The highest BCUT2D eigenvalue weighted by Crippen LogP contribution is 2.63. The summed E-state index contributed by atoms with van der Waals surface area (Å²) in [5, 5.41) is 4.89. The topological polar surface area (TPSA) is 35.0 Å². The van der Waals surface area contributed by atoms with Crippen molar-refractivity contribution >= 4 is 21.5 Å². The molecule has 0 saturated heterocycles. The molecule has 0 bridgehead atoms. The van der Waals surface area contributed by atoms with Crippen LogP contribution in [-0.4, -0.2) is 9.97 Å². The van der Waals surface area contributed by atoms with Gasteiger partial charge in [-0.2, -0.15) is 0 Å². The van der Waals surface area contributed by atoms with Crippen molar-refractivity contribution in [2.24, 2.45) is 0 Å². The van der Waals surface area contributed by atoms with Crippen LogP contribution >= 0.6 is 0 Å². The summed E-state index contributed by atoms with van der Waals surface area (Å²) >= 11 is 0. The fourth-order valence-corrected chi connectivity index (χ4v) is 8.70. The fraction of sp³-hybridized carbons (Fsp3) is 0.0204. The molecule has 0 N–H and O–H groups in total. The Morgan fingerprint density at radius 3 is 1.79 bits per heavy atom. The molecule has 3 heteroatoms. The van der Waals surface area contributed by atoms with Crippen LogP contribution in [0.1, 0.15) is 22.3 Å². The zero-order valence-corrected chi connectivity index (χ0v) is 28.1. The standard InChI is InChI=1S/C49H30N2O/c1-2-14-32(15-3-1)44-30-45(34-27-28-36-33(29-34)26-25-31-13-4-5-16-35(31)36)51-48(50-44)39-19-12-23-43-47(39)52-46-24-11-10-22-42(46)49(43)40-20-8-6-17-37(40)38-18-7-9-21-41(38)49/h1-30H. The molecule has 0 unspecified atom stereocenters. The maximum absolute atomic E-state index is 6.99. The van der Waals surface area contributed by atoms with Crippen molar-refractivity contribution in [2.75, 3.05) is 0 Å². The quantitative estimate of drug-likeness (QED) is 0.177. The Labute approximate surface area is 301 Å². The lowest BCUT2D eigenvalue weighted by Crippen LogP contribution is -2.32. The van der Waals surface area contributed by atoms with E-state index in [0.29, 0.717) is 5.82 Å². The highest BCUT2D eigenvalue weighted by atomic mass is 16.5. The minimum Gasteiger partial charge on any atom is -0.456 e. The first-order valence-electron chi connectivity index (χ1n) is 17.7. The van der Waals surface area contributed by atoms with E-state index in [1.54, 1.807) is 0 Å². The third-order valence-corrected chi connectivity index (χ3v) is 11.0. The molecule has 52 heavy (non-hydrogen) atoms. The SMILES string of the molecule is c1ccc(-c2cc(-c3ccc4c(ccc5ccccc54)c3)nc(-c3cccc4c3Oc3ccccc3C43c4ccccc4-c4ccccc43)n2)cc1. The van der Waals surface area contributed by atoms with Gasteiger partial charge in [-0.3, -0.25) is 0 Å². The summed E-state index contributed by atoms with van der Waals surface area (Å²) in [5.74, 6) is 2.25. The second-order valence-corrected chi connectivity index (χ2v) is 13.7. The molecule has 0 atom stereocenters. The second kappa shape index (κ2) is 11.1.